The van der Waals surface area contributed by atoms with Crippen molar-refractivity contribution in [3.8, 4) is 5.75 Å². The first-order valence-electron chi connectivity index (χ1n) is 11.7. The van der Waals surface area contributed by atoms with Crippen LogP contribution in [0.1, 0.15) is 41.1 Å². The van der Waals surface area contributed by atoms with E-state index in [4.69, 9.17) is 13.9 Å². The minimum atomic E-state index is -0.469. The maximum atomic E-state index is 13.5. The molecule has 0 aliphatic carbocycles. The van der Waals surface area contributed by atoms with Crippen LogP contribution in [-0.4, -0.2) is 56.8 Å². The summed E-state index contributed by atoms with van der Waals surface area (Å²) in [5, 5.41) is 0.500. The van der Waals surface area contributed by atoms with Crippen molar-refractivity contribution in [1.29, 1.82) is 0 Å². The van der Waals surface area contributed by atoms with E-state index in [0.29, 0.717) is 29.7 Å². The minimum absolute atomic E-state index is 0.139. The third-order valence-electron chi connectivity index (χ3n) is 6.51. The van der Waals surface area contributed by atoms with Gasteiger partial charge in [0.25, 0.3) is 5.91 Å². The molecule has 7 heteroatoms. The number of ether oxygens (including phenoxy) is 2. The van der Waals surface area contributed by atoms with Crippen molar-refractivity contribution in [2.24, 2.45) is 0 Å². The SMILES string of the molecule is CCOc1ccc([C@@H]2c3c(oc4ccccc4c3=O)C(=O)N2CCC[NH+]2CCOCC2)cc1. The first-order chi connectivity index (χ1) is 16.2. The molecule has 0 radical (unpaired) electrons. The number of carbonyl (C=O) groups excluding carboxylic acids is 1. The van der Waals surface area contributed by atoms with Crippen molar-refractivity contribution >= 4 is 16.9 Å². The Morgan fingerprint density at radius 1 is 1.06 bits per heavy atom. The van der Waals surface area contributed by atoms with Crippen molar-refractivity contribution in [3.05, 3.63) is 75.6 Å². The van der Waals surface area contributed by atoms with Gasteiger partial charge in [0.2, 0.25) is 5.76 Å². The zero-order chi connectivity index (χ0) is 22.8. The molecule has 2 aromatic carbocycles. The number of hydrogen-bond acceptors (Lipinski definition) is 5. The molecule has 1 amide bonds. The molecule has 1 saturated heterocycles. The lowest BCUT2D eigenvalue weighted by molar-refractivity contribution is -0.908. The van der Waals surface area contributed by atoms with Gasteiger partial charge < -0.3 is 23.7 Å². The number of nitrogens with zero attached hydrogens (tertiary/aromatic N) is 1. The molecule has 1 fully saturated rings. The van der Waals surface area contributed by atoms with E-state index in [-0.39, 0.29) is 17.1 Å². The molecule has 3 heterocycles. The highest BCUT2D eigenvalue weighted by atomic mass is 16.5. The number of nitrogens with one attached hydrogen (secondary N) is 1. The van der Waals surface area contributed by atoms with Gasteiger partial charge in [0.15, 0.2) is 5.43 Å². The molecular weight excluding hydrogens is 420 g/mol. The van der Waals surface area contributed by atoms with Crippen molar-refractivity contribution < 1.29 is 23.6 Å². The maximum absolute atomic E-state index is 13.5. The Hall–Kier alpha value is -3.16. The summed E-state index contributed by atoms with van der Waals surface area (Å²) in [5.74, 6) is 0.707. The molecule has 0 unspecified atom stereocenters. The Labute approximate surface area is 192 Å². The topological polar surface area (TPSA) is 73.4 Å². The molecule has 33 heavy (non-hydrogen) atoms. The van der Waals surface area contributed by atoms with Gasteiger partial charge >= 0.3 is 0 Å². The molecule has 0 spiro atoms. The number of carbonyl (C=O) groups is 1. The predicted molar refractivity (Wildman–Crippen MR) is 124 cm³/mol. The average molecular weight is 450 g/mol. The Bertz CT molecular complexity index is 1200. The average Bonchev–Trinajstić information content (AvgIpc) is 3.12. The van der Waals surface area contributed by atoms with E-state index in [2.05, 4.69) is 0 Å². The molecule has 2 aliphatic heterocycles. The summed E-state index contributed by atoms with van der Waals surface area (Å²) < 4.78 is 17.0. The number of quaternary nitrogens is 1. The van der Waals surface area contributed by atoms with Crippen LogP contribution >= 0.6 is 0 Å². The summed E-state index contributed by atoms with van der Waals surface area (Å²) in [6, 6.07) is 14.3. The van der Waals surface area contributed by atoms with Gasteiger partial charge in [-0.25, -0.2) is 0 Å². The summed E-state index contributed by atoms with van der Waals surface area (Å²) in [7, 11) is 0. The van der Waals surface area contributed by atoms with Crippen molar-refractivity contribution in [2.75, 3.05) is 46.0 Å². The Balaban J connectivity index is 1.50. The normalized spacial score (nSPS) is 18.6. The smallest absolute Gasteiger partial charge is 0.290 e. The van der Waals surface area contributed by atoms with Crippen LogP contribution in [0.15, 0.2) is 57.7 Å². The van der Waals surface area contributed by atoms with E-state index >= 15 is 0 Å². The van der Waals surface area contributed by atoms with Gasteiger partial charge in [0, 0.05) is 13.0 Å². The van der Waals surface area contributed by atoms with E-state index in [1.165, 1.54) is 4.90 Å². The Kier molecular flexibility index (Phi) is 6.15. The quantitative estimate of drug-likeness (QED) is 0.598. The van der Waals surface area contributed by atoms with Crippen LogP contribution in [-0.2, 0) is 4.74 Å². The highest BCUT2D eigenvalue weighted by Gasteiger charge is 2.42. The monoisotopic (exact) mass is 449 g/mol. The van der Waals surface area contributed by atoms with Crippen LogP contribution < -0.4 is 15.1 Å². The first kappa shape index (κ1) is 21.7. The van der Waals surface area contributed by atoms with Gasteiger partial charge in [-0.15, -0.1) is 0 Å². The predicted octanol–water partition coefficient (Wildman–Crippen LogP) is 2.04. The van der Waals surface area contributed by atoms with E-state index in [1.54, 1.807) is 17.0 Å². The molecule has 0 saturated carbocycles. The lowest BCUT2D eigenvalue weighted by Gasteiger charge is -2.27. The maximum Gasteiger partial charge on any atom is 0.290 e. The Morgan fingerprint density at radius 3 is 2.58 bits per heavy atom. The van der Waals surface area contributed by atoms with Gasteiger partial charge in [-0.3, -0.25) is 9.59 Å². The molecular formula is C26H29N2O5+. The number of amides is 1. The molecule has 5 rings (SSSR count). The zero-order valence-corrected chi connectivity index (χ0v) is 18.8. The summed E-state index contributed by atoms with van der Waals surface area (Å²) >= 11 is 0. The standard InChI is InChI=1S/C26H28N2O5/c1-2-32-19-10-8-18(9-11-19)23-22-24(29)20-6-3-4-7-21(20)33-25(22)26(30)28(23)13-5-12-27-14-16-31-17-15-27/h3-4,6-11,23H,2,5,12-17H2,1H3/p+1/t23-/m1/s1. The van der Waals surface area contributed by atoms with Gasteiger partial charge in [-0.05, 0) is 36.8 Å². The number of para-hydroxylation sites is 1. The highest BCUT2D eigenvalue weighted by molar-refractivity contribution is 5.99. The number of rotatable bonds is 7. The number of hydrogen-bond donors (Lipinski definition) is 1. The van der Waals surface area contributed by atoms with Crippen molar-refractivity contribution in [2.45, 2.75) is 19.4 Å². The van der Waals surface area contributed by atoms with Crippen LogP contribution in [0.25, 0.3) is 11.0 Å². The molecule has 1 atom stereocenters. The number of benzene rings is 2. The van der Waals surface area contributed by atoms with Crippen molar-refractivity contribution in [1.82, 2.24) is 4.90 Å². The van der Waals surface area contributed by atoms with Gasteiger partial charge in [-0.1, -0.05) is 24.3 Å². The summed E-state index contributed by atoms with van der Waals surface area (Å²) in [6.45, 7) is 7.57. The second-order valence-corrected chi connectivity index (χ2v) is 8.54. The number of morpholine rings is 1. The molecule has 3 aromatic rings. The van der Waals surface area contributed by atoms with Gasteiger partial charge in [0.1, 0.15) is 24.4 Å². The fourth-order valence-corrected chi connectivity index (χ4v) is 4.87. The lowest BCUT2D eigenvalue weighted by atomic mass is 9.98. The summed E-state index contributed by atoms with van der Waals surface area (Å²) in [6.07, 6.45) is 0.844. The second-order valence-electron chi connectivity index (χ2n) is 8.54. The van der Waals surface area contributed by atoms with E-state index in [0.717, 1.165) is 50.6 Å². The third-order valence-corrected chi connectivity index (χ3v) is 6.51. The number of fused-ring (bicyclic) bond motifs is 2. The van der Waals surface area contributed by atoms with E-state index in [9.17, 15) is 9.59 Å². The summed E-state index contributed by atoms with van der Waals surface area (Å²) in [5.41, 5.74) is 1.62. The van der Waals surface area contributed by atoms with Crippen LogP contribution in [0, 0.1) is 0 Å². The minimum Gasteiger partial charge on any atom is -0.494 e. The second kappa shape index (κ2) is 9.37. The first-order valence-corrected chi connectivity index (χ1v) is 11.7. The third kappa shape index (κ3) is 4.14. The lowest BCUT2D eigenvalue weighted by Crippen LogP contribution is -3.14. The van der Waals surface area contributed by atoms with Crippen LogP contribution in [0.5, 0.6) is 5.75 Å². The largest absolute Gasteiger partial charge is 0.494 e. The highest BCUT2D eigenvalue weighted by Crippen LogP contribution is 2.38. The molecule has 1 aromatic heterocycles. The Morgan fingerprint density at radius 2 is 1.82 bits per heavy atom. The van der Waals surface area contributed by atoms with Gasteiger partial charge in [-0.2, -0.15) is 0 Å². The zero-order valence-electron chi connectivity index (χ0n) is 18.8. The molecule has 2 aliphatic rings. The van der Waals surface area contributed by atoms with Crippen LogP contribution in [0.4, 0.5) is 0 Å². The van der Waals surface area contributed by atoms with Crippen molar-refractivity contribution in [3.63, 3.8) is 0 Å². The molecule has 7 nitrogen and oxygen atoms in total. The van der Waals surface area contributed by atoms with Crippen LogP contribution in [0.2, 0.25) is 0 Å². The molecule has 1 N–H and O–H groups in total. The van der Waals surface area contributed by atoms with Crippen LogP contribution in [0.3, 0.4) is 0 Å². The fourth-order valence-electron chi connectivity index (χ4n) is 4.87. The molecule has 172 valence electrons. The summed E-state index contributed by atoms with van der Waals surface area (Å²) in [4.78, 5) is 30.3. The fraction of sp³-hybridized carbons (Fsp3) is 0.385. The molecule has 0 bridgehead atoms. The van der Waals surface area contributed by atoms with E-state index < -0.39 is 6.04 Å². The van der Waals surface area contributed by atoms with Gasteiger partial charge in [0.05, 0.1) is 43.4 Å². The van der Waals surface area contributed by atoms with E-state index in [1.807, 2.05) is 43.3 Å².